The molecule has 12 rings (SSSR count). The van der Waals surface area contributed by atoms with Gasteiger partial charge in [-0.3, -0.25) is 15.3 Å². The highest BCUT2D eigenvalue weighted by Gasteiger charge is 2.42. The Balaban J connectivity index is 0.000000269. The zero-order valence-electron chi connectivity index (χ0n) is 45.9. The van der Waals surface area contributed by atoms with Gasteiger partial charge in [0.1, 0.15) is 34.5 Å². The van der Waals surface area contributed by atoms with Gasteiger partial charge in [0, 0.05) is 106 Å². The van der Waals surface area contributed by atoms with Crippen molar-refractivity contribution in [3.05, 3.63) is 109 Å². The number of aliphatic hydroxyl groups excluding tert-OH is 1. The minimum Gasteiger partial charge on any atom is -0.396 e. The normalized spacial score (nSPS) is 20.5. The number of nitrogens with zero attached hydrogens (tertiary/aromatic N) is 12. The van der Waals surface area contributed by atoms with Gasteiger partial charge in [-0.2, -0.15) is 15.3 Å². The molecule has 10 N–H and O–H groups in total. The second-order valence-electron chi connectivity index (χ2n) is 22.5. The van der Waals surface area contributed by atoms with Gasteiger partial charge in [-0.1, -0.05) is 27.7 Å². The fourth-order valence-electron chi connectivity index (χ4n) is 11.5. The highest BCUT2D eigenvalue weighted by atomic mass is 19.1. The predicted octanol–water partition coefficient (Wildman–Crippen LogP) is 10.0. The molecule has 3 saturated heterocycles. The van der Waals surface area contributed by atoms with Crippen molar-refractivity contribution < 1.29 is 26.8 Å². The first-order valence-corrected chi connectivity index (χ1v) is 27.6. The zero-order valence-corrected chi connectivity index (χ0v) is 45.9. The molecule has 3 aliphatic heterocycles. The van der Waals surface area contributed by atoms with Crippen LogP contribution in [-0.4, -0.2) is 129 Å². The number of fused-ring (bicyclic) bond motifs is 3. The van der Waals surface area contributed by atoms with Crippen LogP contribution in [0.25, 0.3) is 67.3 Å². The molecular weight excluding hydrogens is 1020 g/mol. The lowest BCUT2D eigenvalue weighted by atomic mass is 9.71. The molecule has 5 atom stereocenters. The molecule has 9 aromatic heterocycles. The quantitative estimate of drug-likeness (QED) is 0.0635. The summed E-state index contributed by atoms with van der Waals surface area (Å²) in [6, 6.07) is 20.5. The standard InChI is InChI=1S/C21H27FN6O.C21H27FN6.C16H17FN6.6H2/c1-13(2)10-21(12-29)11-28(9-7-16(21)23)17-6-5-15(22)19(25-17)18-14-4-3-8-24-20(14)27-26-18;1-13(2)21(3,23)14-6-5-11-28(12-14)17-9-8-16(22)19(25-17)18-15-7-4-10-24-20(15)27-26-18;17-12-5-6-13(23-8-2-3-10(18)9-23)20-15(12)14-11-4-1-7-19-16(11)22-21-14;;;;;;/h3-6,8,13,16,29H,7,9-12,23H2,1-2H3,(H,24,26,27);4,7-10,13-14H,5-6,11-12,23H2,1-3H3,(H,24,26,27);1,4-7,10H,2-3,8-9,18H2,(H,19,21,22);6*1H. The lowest BCUT2D eigenvalue weighted by molar-refractivity contribution is 0.0635. The van der Waals surface area contributed by atoms with Crippen LogP contribution in [0, 0.1) is 40.6 Å². The molecule has 0 amide bonds. The maximum atomic E-state index is 14.7. The maximum absolute atomic E-state index is 14.7. The molecule has 3 aliphatic rings. The number of halogens is 3. The first-order chi connectivity index (χ1) is 38.5. The van der Waals surface area contributed by atoms with E-state index < -0.39 is 11.2 Å². The van der Waals surface area contributed by atoms with E-state index in [2.05, 4.69) is 110 Å². The van der Waals surface area contributed by atoms with Crippen molar-refractivity contribution in [3.63, 3.8) is 0 Å². The molecule has 0 radical (unpaired) electrons. The number of nitrogens with one attached hydrogen (secondary N) is 3. The number of piperidine rings is 3. The van der Waals surface area contributed by atoms with Gasteiger partial charge >= 0.3 is 0 Å². The highest BCUT2D eigenvalue weighted by Crippen LogP contribution is 2.39. The van der Waals surface area contributed by atoms with Crippen molar-refractivity contribution in [1.29, 1.82) is 0 Å². The summed E-state index contributed by atoms with van der Waals surface area (Å²) in [6.45, 7) is 15.4. The van der Waals surface area contributed by atoms with Gasteiger partial charge in [-0.05, 0) is 136 Å². The Hall–Kier alpha value is -7.66. The third-order valence-electron chi connectivity index (χ3n) is 16.3. The summed E-state index contributed by atoms with van der Waals surface area (Å²) in [5.74, 6) is 2.16. The molecule has 80 heavy (non-hydrogen) atoms. The number of rotatable bonds is 11. The summed E-state index contributed by atoms with van der Waals surface area (Å²) < 4.78 is 43.6. The molecule has 9 aromatic rings. The summed E-state index contributed by atoms with van der Waals surface area (Å²) >= 11 is 0. The number of hydrogen-bond donors (Lipinski definition) is 7. The van der Waals surface area contributed by atoms with Crippen LogP contribution >= 0.6 is 0 Å². The van der Waals surface area contributed by atoms with Crippen LogP contribution in [0.2, 0.25) is 0 Å². The van der Waals surface area contributed by atoms with E-state index in [1.165, 1.54) is 18.2 Å². The van der Waals surface area contributed by atoms with Gasteiger partial charge in [-0.15, -0.1) is 0 Å². The Morgan fingerprint density at radius 1 is 0.625 bits per heavy atom. The fourth-order valence-corrected chi connectivity index (χ4v) is 11.5. The van der Waals surface area contributed by atoms with Crippen molar-refractivity contribution >= 4 is 50.6 Å². The summed E-state index contributed by atoms with van der Waals surface area (Å²) in [4.78, 5) is 32.8. The van der Waals surface area contributed by atoms with E-state index in [4.69, 9.17) is 17.2 Å². The van der Waals surface area contributed by atoms with Gasteiger partial charge in [0.25, 0.3) is 0 Å². The monoisotopic (exact) mass is 1100 g/mol. The Morgan fingerprint density at radius 2 is 1.06 bits per heavy atom. The van der Waals surface area contributed by atoms with E-state index in [9.17, 15) is 18.3 Å². The number of H-pyrrole nitrogens is 3. The Kier molecular flexibility index (Phi) is 16.4. The average molecular weight is 1110 g/mol. The number of nitrogens with two attached hydrogens (primary N) is 3. The van der Waals surface area contributed by atoms with Crippen molar-refractivity contribution in [1.82, 2.24) is 60.5 Å². The number of hydrogen-bond acceptors (Lipinski definition) is 16. The topological polar surface area (TPSA) is 271 Å². The van der Waals surface area contributed by atoms with Crippen molar-refractivity contribution in [2.75, 3.05) is 60.6 Å². The summed E-state index contributed by atoms with van der Waals surface area (Å²) in [5, 5.41) is 33.5. The van der Waals surface area contributed by atoms with Crippen LogP contribution in [-0.2, 0) is 0 Å². The number of pyridine rings is 6. The summed E-state index contributed by atoms with van der Waals surface area (Å²) in [6.07, 6.45) is 10.7. The molecule has 0 aromatic carbocycles. The molecule has 5 unspecified atom stereocenters. The third-order valence-corrected chi connectivity index (χ3v) is 16.3. The Bertz CT molecular complexity index is 3600. The lowest BCUT2D eigenvalue weighted by Crippen LogP contribution is -2.58. The van der Waals surface area contributed by atoms with Crippen LogP contribution in [0.15, 0.2) is 91.4 Å². The smallest absolute Gasteiger partial charge is 0.181 e. The molecule has 0 saturated carbocycles. The van der Waals surface area contributed by atoms with Crippen LogP contribution in [0.1, 0.15) is 81.7 Å². The van der Waals surface area contributed by atoms with Gasteiger partial charge in [-0.25, -0.2) is 43.1 Å². The minimum atomic E-state index is -0.424. The van der Waals surface area contributed by atoms with Gasteiger partial charge in [0.2, 0.25) is 0 Å². The van der Waals surface area contributed by atoms with E-state index in [-0.39, 0.29) is 61.5 Å². The third kappa shape index (κ3) is 11.5. The molecule has 0 aliphatic carbocycles. The average Bonchev–Trinajstić information content (AvgIpc) is 4.04. The minimum absolute atomic E-state index is 0. The van der Waals surface area contributed by atoms with E-state index in [1.807, 2.05) is 24.3 Å². The molecule has 0 bridgehead atoms. The van der Waals surface area contributed by atoms with E-state index in [0.717, 1.165) is 92.5 Å². The highest BCUT2D eigenvalue weighted by molar-refractivity contribution is 5.91. The predicted molar refractivity (Wildman–Crippen MR) is 319 cm³/mol. The molecule has 12 heterocycles. The largest absolute Gasteiger partial charge is 0.396 e. The SMILES string of the molecule is CC(C)C(C)(N)C1CCCN(c2ccc(F)c(-c3[nH]nc4ncccc34)n2)C1.CC(C)CC1(CO)CN(c2ccc(F)c(-c3[nH]nc4ncccc34)n2)CCC1N.NC1CCCN(c2ccc(F)c(-c3[nH]nc4ncccc34)n2)C1.[HH].[HH].[HH].[HH].[HH].[HH]. The summed E-state index contributed by atoms with van der Waals surface area (Å²) in [5.41, 5.74) is 22.4. The summed E-state index contributed by atoms with van der Waals surface area (Å²) in [7, 11) is 0. The number of aromatic amines is 3. The van der Waals surface area contributed by atoms with Crippen LogP contribution in [0.4, 0.5) is 30.6 Å². The van der Waals surface area contributed by atoms with Crippen LogP contribution in [0.5, 0.6) is 0 Å². The number of anilines is 3. The molecule has 19 nitrogen and oxygen atoms in total. The maximum Gasteiger partial charge on any atom is 0.181 e. The second-order valence-corrected chi connectivity index (χ2v) is 22.5. The first kappa shape index (κ1) is 55.6. The molecule has 22 heteroatoms. The van der Waals surface area contributed by atoms with Crippen molar-refractivity contribution in [3.8, 4) is 34.2 Å². The fraction of sp³-hybridized carbons (Fsp3) is 0.431. The van der Waals surface area contributed by atoms with Gasteiger partial charge < -0.3 is 37.0 Å². The molecular formula is C58H83F3N18O. The van der Waals surface area contributed by atoms with Crippen LogP contribution in [0.3, 0.4) is 0 Å². The molecule has 0 spiro atoms. The van der Waals surface area contributed by atoms with Crippen molar-refractivity contribution in [2.45, 2.75) is 90.8 Å². The van der Waals surface area contributed by atoms with Crippen molar-refractivity contribution in [2.24, 2.45) is 40.4 Å². The Labute approximate surface area is 471 Å². The second kappa shape index (κ2) is 23.6. The van der Waals surface area contributed by atoms with Gasteiger partial charge in [0.15, 0.2) is 34.4 Å². The van der Waals surface area contributed by atoms with E-state index >= 15 is 0 Å². The molecule has 3 fully saturated rings. The zero-order chi connectivity index (χ0) is 56.3. The molecule has 432 valence electrons. The van der Waals surface area contributed by atoms with Gasteiger partial charge in [0.05, 0.1) is 23.7 Å². The van der Waals surface area contributed by atoms with E-state index in [0.29, 0.717) is 70.7 Å². The lowest BCUT2D eigenvalue weighted by Gasteiger charge is -2.47. The Morgan fingerprint density at radius 3 is 1.49 bits per heavy atom. The van der Waals surface area contributed by atoms with E-state index in [1.54, 1.807) is 48.9 Å². The first-order valence-electron chi connectivity index (χ1n) is 27.6. The number of aliphatic hydroxyl groups is 1. The number of aromatic nitrogens is 12. The van der Waals surface area contributed by atoms with Crippen LogP contribution < -0.4 is 31.9 Å².